The molecule has 0 amide bonds. The molecule has 0 bridgehead atoms. The highest BCUT2D eigenvalue weighted by Crippen LogP contribution is 2.38. The van der Waals surface area contributed by atoms with Gasteiger partial charge in [0.15, 0.2) is 0 Å². The van der Waals surface area contributed by atoms with Gasteiger partial charge in [-0.25, -0.2) is 0 Å². The van der Waals surface area contributed by atoms with Gasteiger partial charge in [0.05, 0.1) is 11.7 Å². The Bertz CT molecular complexity index is 425. The largest absolute Gasteiger partial charge is 0.390 e. The second-order valence-electron chi connectivity index (χ2n) is 6.35. The summed E-state index contributed by atoms with van der Waals surface area (Å²) in [4.78, 5) is 0. The lowest BCUT2D eigenvalue weighted by Gasteiger charge is -2.43. The van der Waals surface area contributed by atoms with Crippen LogP contribution in [-0.2, 0) is 11.2 Å². The van der Waals surface area contributed by atoms with Crippen molar-refractivity contribution < 1.29 is 9.84 Å². The maximum absolute atomic E-state index is 10.8. The first kappa shape index (κ1) is 15.5. The minimum absolute atomic E-state index is 0.339. The number of aryl methyl sites for hydroxylation is 1. The van der Waals surface area contributed by atoms with Gasteiger partial charge in [0, 0.05) is 13.0 Å². The number of benzene rings is 1. The van der Waals surface area contributed by atoms with Crippen molar-refractivity contribution in [2.24, 2.45) is 5.92 Å². The highest BCUT2D eigenvalue weighted by atomic mass is 16.5. The van der Waals surface area contributed by atoms with Crippen molar-refractivity contribution in [2.45, 2.75) is 64.6 Å². The maximum Gasteiger partial charge on any atom is 0.0945 e. The van der Waals surface area contributed by atoms with Gasteiger partial charge in [0.1, 0.15) is 0 Å². The first-order valence-electron chi connectivity index (χ1n) is 7.94. The molecule has 112 valence electrons. The zero-order chi connectivity index (χ0) is 14.6. The van der Waals surface area contributed by atoms with E-state index in [1.807, 2.05) is 19.1 Å². The summed E-state index contributed by atoms with van der Waals surface area (Å²) < 4.78 is 6.06. The molecule has 1 aromatic rings. The molecule has 1 N–H and O–H groups in total. The quantitative estimate of drug-likeness (QED) is 0.884. The van der Waals surface area contributed by atoms with Crippen molar-refractivity contribution in [3.8, 4) is 0 Å². The molecule has 0 spiro atoms. The van der Waals surface area contributed by atoms with Crippen molar-refractivity contribution >= 4 is 0 Å². The molecule has 1 fully saturated rings. The summed E-state index contributed by atoms with van der Waals surface area (Å²) in [5.74, 6) is 0.641. The predicted molar refractivity (Wildman–Crippen MR) is 82.9 cm³/mol. The molecule has 0 aromatic heterocycles. The minimum atomic E-state index is -0.411. The highest BCUT2D eigenvalue weighted by Gasteiger charge is 2.41. The second-order valence-corrected chi connectivity index (χ2v) is 6.35. The van der Waals surface area contributed by atoms with Gasteiger partial charge >= 0.3 is 0 Å². The van der Waals surface area contributed by atoms with Crippen LogP contribution < -0.4 is 0 Å². The van der Waals surface area contributed by atoms with Gasteiger partial charge < -0.3 is 9.84 Å². The SMILES string of the molecule is CCOC1(C(O)Cc2ccccc2C)CCCC(C)C1. The van der Waals surface area contributed by atoms with Crippen LogP contribution in [0.25, 0.3) is 0 Å². The molecule has 2 nitrogen and oxygen atoms in total. The van der Waals surface area contributed by atoms with Gasteiger partial charge in [-0.1, -0.05) is 44.0 Å². The Labute approximate surface area is 123 Å². The average molecular weight is 276 g/mol. The van der Waals surface area contributed by atoms with E-state index in [2.05, 4.69) is 26.0 Å². The summed E-state index contributed by atoms with van der Waals surface area (Å²) in [6.07, 6.45) is 4.66. The molecule has 0 saturated heterocycles. The number of hydrogen-bond donors (Lipinski definition) is 1. The number of hydrogen-bond acceptors (Lipinski definition) is 2. The van der Waals surface area contributed by atoms with E-state index in [9.17, 15) is 5.11 Å². The van der Waals surface area contributed by atoms with Gasteiger partial charge in [-0.15, -0.1) is 0 Å². The van der Waals surface area contributed by atoms with Crippen molar-refractivity contribution in [3.05, 3.63) is 35.4 Å². The third kappa shape index (κ3) is 3.42. The van der Waals surface area contributed by atoms with Crippen LogP contribution in [0, 0.1) is 12.8 Å². The van der Waals surface area contributed by atoms with E-state index in [1.54, 1.807) is 0 Å². The molecule has 0 radical (unpaired) electrons. The molecule has 20 heavy (non-hydrogen) atoms. The van der Waals surface area contributed by atoms with Crippen molar-refractivity contribution in [1.82, 2.24) is 0 Å². The summed E-state index contributed by atoms with van der Waals surface area (Å²) in [5, 5.41) is 10.8. The zero-order valence-electron chi connectivity index (χ0n) is 13.1. The van der Waals surface area contributed by atoms with Crippen LogP contribution in [0.4, 0.5) is 0 Å². The van der Waals surface area contributed by atoms with E-state index in [1.165, 1.54) is 17.5 Å². The molecule has 3 atom stereocenters. The molecule has 1 aliphatic carbocycles. The molecule has 0 aliphatic heterocycles. The van der Waals surface area contributed by atoms with E-state index in [-0.39, 0.29) is 5.60 Å². The first-order chi connectivity index (χ1) is 9.57. The molecule has 3 unspecified atom stereocenters. The molecule has 1 aromatic carbocycles. The standard InChI is InChI=1S/C18H28O2/c1-4-20-18(11-7-8-14(2)13-18)17(19)12-16-10-6-5-9-15(16)3/h5-6,9-10,14,17,19H,4,7-8,11-13H2,1-3H3. The Morgan fingerprint density at radius 2 is 2.15 bits per heavy atom. The third-order valence-corrected chi connectivity index (χ3v) is 4.70. The normalized spacial score (nSPS) is 28.3. The monoisotopic (exact) mass is 276 g/mol. The van der Waals surface area contributed by atoms with Crippen LogP contribution >= 0.6 is 0 Å². The van der Waals surface area contributed by atoms with Gasteiger partial charge in [-0.05, 0) is 43.7 Å². The lowest BCUT2D eigenvalue weighted by atomic mass is 9.74. The first-order valence-corrected chi connectivity index (χ1v) is 7.94. The van der Waals surface area contributed by atoms with Crippen molar-refractivity contribution in [2.75, 3.05) is 6.61 Å². The number of ether oxygens (including phenoxy) is 1. The molecular weight excluding hydrogens is 248 g/mol. The Balaban J connectivity index is 2.14. The Morgan fingerprint density at radius 1 is 1.40 bits per heavy atom. The lowest BCUT2D eigenvalue weighted by molar-refractivity contribution is -0.147. The maximum atomic E-state index is 10.8. The molecule has 0 heterocycles. The van der Waals surface area contributed by atoms with Crippen molar-refractivity contribution in [1.29, 1.82) is 0 Å². The Morgan fingerprint density at radius 3 is 2.80 bits per heavy atom. The molecular formula is C18H28O2. The van der Waals surface area contributed by atoms with E-state index in [0.29, 0.717) is 18.9 Å². The molecule has 1 saturated carbocycles. The summed E-state index contributed by atoms with van der Waals surface area (Å²) >= 11 is 0. The fourth-order valence-electron chi connectivity index (χ4n) is 3.59. The fourth-order valence-corrected chi connectivity index (χ4v) is 3.59. The fraction of sp³-hybridized carbons (Fsp3) is 0.667. The van der Waals surface area contributed by atoms with Gasteiger partial charge in [0.2, 0.25) is 0 Å². The molecule has 2 heteroatoms. The van der Waals surface area contributed by atoms with Crippen LogP contribution in [0.2, 0.25) is 0 Å². The number of aliphatic hydroxyl groups excluding tert-OH is 1. The number of aliphatic hydroxyl groups is 1. The van der Waals surface area contributed by atoms with Crippen LogP contribution in [0.1, 0.15) is 50.7 Å². The third-order valence-electron chi connectivity index (χ3n) is 4.70. The van der Waals surface area contributed by atoms with Gasteiger partial charge in [-0.2, -0.15) is 0 Å². The lowest BCUT2D eigenvalue weighted by Crippen LogP contribution is -2.49. The second kappa shape index (κ2) is 6.73. The molecule has 2 rings (SSSR count). The topological polar surface area (TPSA) is 29.5 Å². The van der Waals surface area contributed by atoms with Crippen LogP contribution in [-0.4, -0.2) is 23.4 Å². The smallest absolute Gasteiger partial charge is 0.0945 e. The number of rotatable bonds is 5. The summed E-state index contributed by atoms with van der Waals surface area (Å²) in [6.45, 7) is 7.09. The molecule has 1 aliphatic rings. The van der Waals surface area contributed by atoms with E-state index in [0.717, 1.165) is 19.3 Å². The van der Waals surface area contributed by atoms with Crippen LogP contribution in [0.5, 0.6) is 0 Å². The van der Waals surface area contributed by atoms with Crippen LogP contribution in [0.3, 0.4) is 0 Å². The average Bonchev–Trinajstić information content (AvgIpc) is 2.41. The van der Waals surface area contributed by atoms with Gasteiger partial charge in [-0.3, -0.25) is 0 Å². The minimum Gasteiger partial charge on any atom is -0.390 e. The zero-order valence-corrected chi connectivity index (χ0v) is 13.1. The predicted octanol–water partition coefficient (Wildman–Crippen LogP) is 3.88. The summed E-state index contributed by atoms with van der Waals surface area (Å²) in [6, 6.07) is 8.32. The van der Waals surface area contributed by atoms with Gasteiger partial charge in [0.25, 0.3) is 0 Å². The Hall–Kier alpha value is -0.860. The summed E-state index contributed by atoms with van der Waals surface area (Å²) in [5.41, 5.74) is 2.15. The van der Waals surface area contributed by atoms with Crippen molar-refractivity contribution in [3.63, 3.8) is 0 Å². The Kier molecular flexibility index (Phi) is 5.22. The van der Waals surface area contributed by atoms with E-state index in [4.69, 9.17) is 4.74 Å². The summed E-state index contributed by atoms with van der Waals surface area (Å²) in [7, 11) is 0. The van der Waals surface area contributed by atoms with E-state index >= 15 is 0 Å². The van der Waals surface area contributed by atoms with E-state index < -0.39 is 6.10 Å². The van der Waals surface area contributed by atoms with Crippen LogP contribution in [0.15, 0.2) is 24.3 Å². The highest BCUT2D eigenvalue weighted by molar-refractivity contribution is 5.26.